The topological polar surface area (TPSA) is 69.7 Å². The Morgan fingerprint density at radius 1 is 1.40 bits per heavy atom. The van der Waals surface area contributed by atoms with Gasteiger partial charge in [-0.1, -0.05) is 13.8 Å². The number of aromatic nitrogens is 1. The van der Waals surface area contributed by atoms with Crippen molar-refractivity contribution in [3.8, 4) is 5.88 Å². The lowest BCUT2D eigenvalue weighted by Gasteiger charge is -2.34. The first-order valence-corrected chi connectivity index (χ1v) is 9.23. The van der Waals surface area contributed by atoms with E-state index in [9.17, 15) is 4.79 Å². The molecule has 0 radical (unpaired) electrons. The Morgan fingerprint density at radius 3 is 3.04 bits per heavy atom. The number of hydrogen-bond donors (Lipinski definition) is 1. The molecule has 0 bridgehead atoms. The van der Waals surface area contributed by atoms with Crippen LogP contribution in [-0.2, 0) is 9.47 Å². The maximum Gasteiger partial charge on any atom is 0.251 e. The van der Waals surface area contributed by atoms with E-state index in [2.05, 4.69) is 24.1 Å². The fourth-order valence-electron chi connectivity index (χ4n) is 3.54. The fourth-order valence-corrected chi connectivity index (χ4v) is 3.54. The van der Waals surface area contributed by atoms with Gasteiger partial charge in [-0.15, -0.1) is 0 Å². The molecule has 0 saturated carbocycles. The van der Waals surface area contributed by atoms with Gasteiger partial charge < -0.3 is 19.5 Å². The zero-order valence-electron chi connectivity index (χ0n) is 15.1. The lowest BCUT2D eigenvalue weighted by Crippen LogP contribution is -2.41. The second-order valence-corrected chi connectivity index (χ2v) is 7.18. The van der Waals surface area contributed by atoms with Gasteiger partial charge in [0.1, 0.15) is 6.10 Å². The molecule has 1 amide bonds. The van der Waals surface area contributed by atoms with Crippen LogP contribution in [0.15, 0.2) is 18.3 Å². The van der Waals surface area contributed by atoms with Crippen molar-refractivity contribution in [1.82, 2.24) is 10.3 Å². The molecule has 6 nitrogen and oxygen atoms in total. The summed E-state index contributed by atoms with van der Waals surface area (Å²) in [4.78, 5) is 16.7. The van der Waals surface area contributed by atoms with Crippen molar-refractivity contribution >= 4 is 5.91 Å². The van der Waals surface area contributed by atoms with Crippen LogP contribution in [-0.4, -0.2) is 49.5 Å². The normalized spacial score (nSPS) is 26.6. The molecule has 1 aromatic rings. The zero-order chi connectivity index (χ0) is 17.6. The molecule has 138 valence electrons. The van der Waals surface area contributed by atoms with Crippen LogP contribution in [0.4, 0.5) is 0 Å². The van der Waals surface area contributed by atoms with E-state index in [0.29, 0.717) is 43.0 Å². The molecule has 0 spiro atoms. The molecule has 2 aliphatic rings. The van der Waals surface area contributed by atoms with Gasteiger partial charge >= 0.3 is 0 Å². The standard InChI is InChI=1S/C19H28N2O4/c1-13(2)18-15(4-3-8-24-18)11-21-19(22)14-5-7-20-17(10-14)25-16-6-9-23-12-16/h5,7,10,13,15-16,18H,3-4,6,8-9,11-12H2,1-2H3,(H,21,22)/t15-,16-,18+/m1/s1. The predicted octanol–water partition coefficient (Wildman–Crippen LogP) is 2.43. The number of hydrogen-bond acceptors (Lipinski definition) is 5. The first kappa shape index (κ1) is 18.1. The van der Waals surface area contributed by atoms with Gasteiger partial charge in [0.25, 0.3) is 5.91 Å². The van der Waals surface area contributed by atoms with Crippen LogP contribution < -0.4 is 10.1 Å². The minimum Gasteiger partial charge on any atom is -0.472 e. The molecule has 0 unspecified atom stereocenters. The molecular formula is C19H28N2O4. The molecule has 1 N–H and O–H groups in total. The van der Waals surface area contributed by atoms with Crippen LogP contribution in [0.1, 0.15) is 43.5 Å². The van der Waals surface area contributed by atoms with Gasteiger partial charge in [-0.05, 0) is 24.8 Å². The fraction of sp³-hybridized carbons (Fsp3) is 0.684. The monoisotopic (exact) mass is 348 g/mol. The van der Waals surface area contributed by atoms with Crippen molar-refractivity contribution in [1.29, 1.82) is 0 Å². The van der Waals surface area contributed by atoms with Gasteiger partial charge in [0, 0.05) is 43.3 Å². The van der Waals surface area contributed by atoms with Gasteiger partial charge in [-0.2, -0.15) is 0 Å². The minimum absolute atomic E-state index is 0.0250. The van der Waals surface area contributed by atoms with Gasteiger partial charge in [-0.3, -0.25) is 4.79 Å². The molecule has 2 aliphatic heterocycles. The van der Waals surface area contributed by atoms with E-state index >= 15 is 0 Å². The molecule has 0 aromatic carbocycles. The quantitative estimate of drug-likeness (QED) is 0.855. The Hall–Kier alpha value is -1.66. The third-order valence-electron chi connectivity index (χ3n) is 4.85. The largest absolute Gasteiger partial charge is 0.472 e. The van der Waals surface area contributed by atoms with E-state index in [-0.39, 0.29) is 18.1 Å². The summed E-state index contributed by atoms with van der Waals surface area (Å²) >= 11 is 0. The molecule has 0 aliphatic carbocycles. The van der Waals surface area contributed by atoms with Crippen molar-refractivity contribution in [3.05, 3.63) is 23.9 Å². The second kappa shape index (κ2) is 8.63. The number of amides is 1. The van der Waals surface area contributed by atoms with Crippen molar-refractivity contribution < 1.29 is 19.0 Å². The highest BCUT2D eigenvalue weighted by Gasteiger charge is 2.28. The van der Waals surface area contributed by atoms with Crippen LogP contribution in [0.25, 0.3) is 0 Å². The van der Waals surface area contributed by atoms with Crippen LogP contribution in [0.5, 0.6) is 5.88 Å². The number of nitrogens with one attached hydrogen (secondary N) is 1. The number of carbonyl (C=O) groups excluding carboxylic acids is 1. The van der Waals surface area contributed by atoms with Crippen molar-refractivity contribution in [2.45, 2.75) is 45.3 Å². The Kier molecular flexibility index (Phi) is 6.26. The van der Waals surface area contributed by atoms with Crippen molar-refractivity contribution in [3.63, 3.8) is 0 Å². The van der Waals surface area contributed by atoms with E-state index in [4.69, 9.17) is 14.2 Å². The summed E-state index contributed by atoms with van der Waals surface area (Å²) in [5, 5.41) is 3.05. The van der Waals surface area contributed by atoms with Crippen molar-refractivity contribution in [2.75, 3.05) is 26.4 Å². The lowest BCUT2D eigenvalue weighted by atomic mass is 9.87. The molecule has 3 rings (SSSR count). The molecule has 2 saturated heterocycles. The summed E-state index contributed by atoms with van der Waals surface area (Å²) in [6, 6.07) is 3.41. The number of pyridine rings is 1. The Morgan fingerprint density at radius 2 is 2.28 bits per heavy atom. The molecule has 25 heavy (non-hydrogen) atoms. The number of ether oxygens (including phenoxy) is 3. The van der Waals surface area contributed by atoms with E-state index < -0.39 is 0 Å². The summed E-state index contributed by atoms with van der Waals surface area (Å²) in [5.41, 5.74) is 0.571. The molecule has 1 aromatic heterocycles. The van der Waals surface area contributed by atoms with Gasteiger partial charge in [-0.25, -0.2) is 4.98 Å². The lowest BCUT2D eigenvalue weighted by molar-refractivity contribution is -0.0510. The first-order valence-electron chi connectivity index (χ1n) is 9.23. The van der Waals surface area contributed by atoms with E-state index in [1.54, 1.807) is 18.3 Å². The molecular weight excluding hydrogens is 320 g/mol. The summed E-state index contributed by atoms with van der Waals surface area (Å²) in [5.74, 6) is 1.20. The number of nitrogens with zero attached hydrogens (tertiary/aromatic N) is 1. The van der Waals surface area contributed by atoms with Crippen LogP contribution in [0.2, 0.25) is 0 Å². The highest BCUT2D eigenvalue weighted by atomic mass is 16.5. The maximum absolute atomic E-state index is 12.5. The average molecular weight is 348 g/mol. The SMILES string of the molecule is CC(C)[C@@H]1OCCC[C@@H]1CNC(=O)c1ccnc(O[C@@H]2CCOC2)c1. The van der Waals surface area contributed by atoms with E-state index in [0.717, 1.165) is 25.9 Å². The summed E-state index contributed by atoms with van der Waals surface area (Å²) in [6.07, 6.45) is 4.86. The van der Waals surface area contributed by atoms with Crippen LogP contribution in [0, 0.1) is 11.8 Å². The highest BCUT2D eigenvalue weighted by molar-refractivity contribution is 5.94. The molecule has 3 atom stereocenters. The third kappa shape index (κ3) is 4.92. The average Bonchev–Trinajstić information content (AvgIpc) is 3.13. The number of rotatable bonds is 6. The minimum atomic E-state index is -0.0944. The van der Waals surface area contributed by atoms with Crippen LogP contribution >= 0.6 is 0 Å². The van der Waals surface area contributed by atoms with E-state index in [1.165, 1.54) is 0 Å². The summed E-state index contributed by atoms with van der Waals surface area (Å²) < 4.78 is 17.0. The zero-order valence-corrected chi connectivity index (χ0v) is 15.1. The second-order valence-electron chi connectivity index (χ2n) is 7.18. The van der Waals surface area contributed by atoms with E-state index in [1.807, 2.05) is 0 Å². The molecule has 3 heterocycles. The van der Waals surface area contributed by atoms with Gasteiger partial charge in [0.15, 0.2) is 0 Å². The number of carbonyl (C=O) groups is 1. The highest BCUT2D eigenvalue weighted by Crippen LogP contribution is 2.26. The summed E-state index contributed by atoms with van der Waals surface area (Å²) in [7, 11) is 0. The maximum atomic E-state index is 12.5. The predicted molar refractivity (Wildman–Crippen MR) is 93.7 cm³/mol. The molecule has 6 heteroatoms. The Bertz CT molecular complexity index is 572. The Labute approximate surface area is 149 Å². The van der Waals surface area contributed by atoms with Crippen molar-refractivity contribution in [2.24, 2.45) is 11.8 Å². The van der Waals surface area contributed by atoms with Gasteiger partial charge in [0.05, 0.1) is 19.3 Å². The Balaban J connectivity index is 1.55. The summed E-state index contributed by atoms with van der Waals surface area (Å²) in [6.45, 7) is 7.09. The van der Waals surface area contributed by atoms with Gasteiger partial charge in [0.2, 0.25) is 5.88 Å². The first-order chi connectivity index (χ1) is 12.1. The smallest absolute Gasteiger partial charge is 0.251 e. The molecule has 2 fully saturated rings. The third-order valence-corrected chi connectivity index (χ3v) is 4.85. The van der Waals surface area contributed by atoms with Crippen LogP contribution in [0.3, 0.4) is 0 Å².